The van der Waals surface area contributed by atoms with Crippen LogP contribution in [0.4, 0.5) is 26.3 Å². The Morgan fingerprint density at radius 3 is 1.76 bits per heavy atom. The fourth-order valence-corrected chi connectivity index (χ4v) is 2.16. The van der Waals surface area contributed by atoms with Gasteiger partial charge in [-0.1, -0.05) is 0 Å². The molecule has 0 bridgehead atoms. The minimum atomic E-state index is -4.54. The molecular formula is C14H13F6N3O2. The quantitative estimate of drug-likeness (QED) is 0.757. The van der Waals surface area contributed by atoms with Gasteiger partial charge < -0.3 is 15.2 Å². The lowest BCUT2D eigenvalue weighted by Crippen LogP contribution is -2.19. The number of alkyl halides is 6. The van der Waals surface area contributed by atoms with E-state index in [-0.39, 0.29) is 28.4 Å². The molecule has 0 saturated carbocycles. The first-order chi connectivity index (χ1) is 11.5. The molecule has 0 amide bonds. The zero-order valence-corrected chi connectivity index (χ0v) is 12.6. The number of nitrogens with one attached hydrogen (secondary N) is 1. The van der Waals surface area contributed by atoms with Crippen LogP contribution in [0.3, 0.4) is 0 Å². The Bertz CT molecular complexity index is 697. The summed E-state index contributed by atoms with van der Waals surface area (Å²) in [5, 5.41) is 7.66. The third-order valence-corrected chi connectivity index (χ3v) is 3.15. The zero-order valence-electron chi connectivity index (χ0n) is 12.6. The highest BCUT2D eigenvalue weighted by Gasteiger charge is 2.29. The molecule has 1 aliphatic heterocycles. The third kappa shape index (κ3) is 5.43. The first kappa shape index (κ1) is 19.2. The van der Waals surface area contributed by atoms with E-state index in [1.165, 1.54) is 12.1 Å². The average molecular weight is 369 g/mol. The number of nitrogens with two attached hydrogens (primary N) is 1. The average Bonchev–Trinajstić information content (AvgIpc) is 2.71. The summed E-state index contributed by atoms with van der Waals surface area (Å²) < 4.78 is 82.2. The van der Waals surface area contributed by atoms with Crippen molar-refractivity contribution in [2.75, 3.05) is 13.2 Å². The minimum Gasteiger partial charge on any atom is -0.383 e. The molecule has 0 fully saturated rings. The lowest BCUT2D eigenvalue weighted by atomic mass is 9.99. The standard InChI is InChI=1S/C14H13F6N3O2/c15-13(16,17)5-24-3-7-1-9-10(12(22)23-11(9)21)2-8(7)4-25-6-14(18,19)20/h1-2H,3-6H2,(H3,21,22,23). The second-order valence-electron chi connectivity index (χ2n) is 5.23. The van der Waals surface area contributed by atoms with Gasteiger partial charge in [0.1, 0.15) is 19.0 Å². The van der Waals surface area contributed by atoms with Crippen molar-refractivity contribution in [2.24, 2.45) is 10.7 Å². The highest BCUT2D eigenvalue weighted by Crippen LogP contribution is 2.25. The van der Waals surface area contributed by atoms with Crippen molar-refractivity contribution in [3.63, 3.8) is 0 Å². The molecular weight excluding hydrogens is 356 g/mol. The van der Waals surface area contributed by atoms with Gasteiger partial charge in [-0.05, 0) is 23.3 Å². The minimum absolute atomic E-state index is 0.000156. The summed E-state index contributed by atoms with van der Waals surface area (Å²) in [4.78, 5) is 3.71. The fraction of sp³-hybridized carbons (Fsp3) is 0.429. The summed E-state index contributed by atoms with van der Waals surface area (Å²) in [7, 11) is 0. The van der Waals surface area contributed by atoms with Crippen LogP contribution in [0.1, 0.15) is 22.3 Å². The molecule has 1 heterocycles. The molecule has 0 aromatic heterocycles. The molecule has 1 aromatic rings. The zero-order chi connectivity index (χ0) is 18.8. The van der Waals surface area contributed by atoms with E-state index in [9.17, 15) is 26.3 Å². The summed E-state index contributed by atoms with van der Waals surface area (Å²) in [6.45, 7) is -4.03. The molecule has 0 saturated heterocycles. The van der Waals surface area contributed by atoms with Crippen LogP contribution in [-0.2, 0) is 22.7 Å². The van der Waals surface area contributed by atoms with Gasteiger partial charge in [-0.2, -0.15) is 26.3 Å². The maximum Gasteiger partial charge on any atom is 0.411 e. The number of ether oxygens (including phenoxy) is 2. The summed E-state index contributed by atoms with van der Waals surface area (Å²) >= 11 is 0. The monoisotopic (exact) mass is 369 g/mol. The highest BCUT2D eigenvalue weighted by atomic mass is 19.4. The van der Waals surface area contributed by atoms with E-state index in [1.807, 2.05) is 0 Å². The van der Waals surface area contributed by atoms with Crippen LogP contribution in [0.5, 0.6) is 0 Å². The lowest BCUT2D eigenvalue weighted by Gasteiger charge is -2.15. The van der Waals surface area contributed by atoms with Crippen LogP contribution in [0.2, 0.25) is 0 Å². The Morgan fingerprint density at radius 2 is 1.32 bits per heavy atom. The van der Waals surface area contributed by atoms with Crippen molar-refractivity contribution in [3.05, 3.63) is 34.4 Å². The Morgan fingerprint density at radius 1 is 0.880 bits per heavy atom. The van der Waals surface area contributed by atoms with Crippen LogP contribution in [0.15, 0.2) is 17.1 Å². The van der Waals surface area contributed by atoms with Crippen LogP contribution >= 0.6 is 0 Å². The number of amidine groups is 2. The number of aliphatic imine (C=N–C) groups is 1. The predicted molar refractivity (Wildman–Crippen MR) is 75.4 cm³/mol. The Balaban J connectivity index is 2.20. The van der Waals surface area contributed by atoms with Crippen molar-refractivity contribution in [1.82, 2.24) is 0 Å². The van der Waals surface area contributed by atoms with E-state index >= 15 is 0 Å². The van der Waals surface area contributed by atoms with Gasteiger partial charge in [-0.3, -0.25) is 5.41 Å². The molecule has 25 heavy (non-hydrogen) atoms. The summed E-state index contributed by atoms with van der Waals surface area (Å²) in [5.74, 6) is -0.188. The number of nitrogens with zero attached hydrogens (tertiary/aromatic N) is 1. The highest BCUT2D eigenvalue weighted by molar-refractivity contribution is 6.21. The Labute approximate surface area is 137 Å². The van der Waals surface area contributed by atoms with Gasteiger partial charge in [0.2, 0.25) is 0 Å². The van der Waals surface area contributed by atoms with Crippen molar-refractivity contribution in [3.8, 4) is 0 Å². The molecule has 5 nitrogen and oxygen atoms in total. The van der Waals surface area contributed by atoms with Crippen molar-refractivity contribution in [2.45, 2.75) is 25.6 Å². The number of rotatable bonds is 6. The Kier molecular flexibility index (Phi) is 5.37. The van der Waals surface area contributed by atoms with Crippen molar-refractivity contribution < 1.29 is 35.8 Å². The van der Waals surface area contributed by atoms with Gasteiger partial charge in [0.05, 0.1) is 13.2 Å². The number of benzene rings is 1. The maximum absolute atomic E-state index is 12.2. The van der Waals surface area contributed by atoms with E-state index in [2.05, 4.69) is 14.5 Å². The van der Waals surface area contributed by atoms with Crippen LogP contribution in [-0.4, -0.2) is 37.2 Å². The second kappa shape index (κ2) is 7.00. The number of halogens is 6. The predicted octanol–water partition coefficient (Wildman–Crippen LogP) is 2.89. The lowest BCUT2D eigenvalue weighted by molar-refractivity contribution is -0.178. The summed E-state index contributed by atoms with van der Waals surface area (Å²) in [6, 6.07) is 2.67. The van der Waals surface area contributed by atoms with E-state index in [4.69, 9.17) is 11.1 Å². The topological polar surface area (TPSA) is 80.7 Å². The van der Waals surface area contributed by atoms with Crippen LogP contribution in [0, 0.1) is 5.41 Å². The number of fused-ring (bicyclic) bond motifs is 1. The van der Waals surface area contributed by atoms with Gasteiger partial charge in [-0.15, -0.1) is 0 Å². The molecule has 138 valence electrons. The van der Waals surface area contributed by atoms with E-state index in [0.29, 0.717) is 5.56 Å². The molecule has 0 aliphatic carbocycles. The molecule has 3 N–H and O–H groups in total. The molecule has 1 aliphatic rings. The molecule has 1 aromatic carbocycles. The van der Waals surface area contributed by atoms with Crippen molar-refractivity contribution >= 4 is 11.7 Å². The van der Waals surface area contributed by atoms with Crippen LogP contribution < -0.4 is 5.73 Å². The fourth-order valence-electron chi connectivity index (χ4n) is 2.16. The molecule has 0 unspecified atom stereocenters. The van der Waals surface area contributed by atoms with Gasteiger partial charge in [0.15, 0.2) is 5.84 Å². The molecule has 0 radical (unpaired) electrons. The van der Waals surface area contributed by atoms with Crippen molar-refractivity contribution in [1.29, 1.82) is 5.41 Å². The summed E-state index contributed by atoms with van der Waals surface area (Å²) in [5.41, 5.74) is 6.55. The van der Waals surface area contributed by atoms with Gasteiger partial charge in [0, 0.05) is 11.1 Å². The van der Waals surface area contributed by atoms with Crippen LogP contribution in [0.25, 0.3) is 0 Å². The molecule has 11 heteroatoms. The maximum atomic E-state index is 12.2. The van der Waals surface area contributed by atoms with Gasteiger partial charge in [0.25, 0.3) is 0 Å². The third-order valence-electron chi connectivity index (χ3n) is 3.15. The first-order valence-electron chi connectivity index (χ1n) is 6.84. The summed E-state index contributed by atoms with van der Waals surface area (Å²) in [6.07, 6.45) is -9.07. The number of hydrogen-bond donors (Lipinski definition) is 2. The van der Waals surface area contributed by atoms with E-state index in [1.54, 1.807) is 0 Å². The Hall–Kier alpha value is -2.14. The van der Waals surface area contributed by atoms with Gasteiger partial charge in [-0.25, -0.2) is 4.99 Å². The normalized spacial score (nSPS) is 14.6. The second-order valence-corrected chi connectivity index (χ2v) is 5.23. The molecule has 0 spiro atoms. The SMILES string of the molecule is N=C1N=C(N)c2cc(COCC(F)(F)F)c(COCC(F)(F)F)cc21. The molecule has 0 atom stereocenters. The van der Waals surface area contributed by atoms with E-state index in [0.717, 1.165) is 0 Å². The van der Waals surface area contributed by atoms with E-state index < -0.39 is 38.8 Å². The largest absolute Gasteiger partial charge is 0.411 e. The van der Waals surface area contributed by atoms with Gasteiger partial charge >= 0.3 is 12.4 Å². The first-order valence-corrected chi connectivity index (χ1v) is 6.84. The number of hydrogen-bond acceptors (Lipinski definition) is 4. The molecule has 2 rings (SSSR count). The smallest absolute Gasteiger partial charge is 0.383 e.